The molecule has 0 amide bonds. The third kappa shape index (κ3) is 3.58. The quantitative estimate of drug-likeness (QED) is 0.246. The van der Waals surface area contributed by atoms with Gasteiger partial charge in [0, 0.05) is 0 Å². The fourth-order valence-corrected chi connectivity index (χ4v) is 20.7. The molecular formula is C26H20BrF2O2Sb. The number of hydrogen-bond donors (Lipinski definition) is 0. The van der Waals surface area contributed by atoms with Crippen molar-refractivity contribution in [2.45, 2.75) is 4.83 Å². The van der Waals surface area contributed by atoms with Gasteiger partial charge in [-0.3, -0.25) is 0 Å². The summed E-state index contributed by atoms with van der Waals surface area (Å²) < 4.78 is 37.9. The van der Waals surface area contributed by atoms with Crippen molar-refractivity contribution in [3.05, 3.63) is 121 Å². The van der Waals surface area contributed by atoms with Crippen LogP contribution in [0.15, 0.2) is 121 Å². The van der Waals surface area contributed by atoms with Gasteiger partial charge in [-0.15, -0.1) is 0 Å². The molecule has 0 aliphatic carbocycles. The minimum atomic E-state index is -5.59. The van der Waals surface area contributed by atoms with Gasteiger partial charge in [0.05, 0.1) is 0 Å². The van der Waals surface area contributed by atoms with Gasteiger partial charge < -0.3 is 0 Å². The van der Waals surface area contributed by atoms with Crippen LogP contribution in [0.2, 0.25) is 0 Å². The van der Waals surface area contributed by atoms with E-state index in [4.69, 9.17) is 3.02 Å². The first kappa shape index (κ1) is 22.7. The van der Waals surface area contributed by atoms with Gasteiger partial charge in [-0.05, 0) is 0 Å². The van der Waals surface area contributed by atoms with Gasteiger partial charge in [-0.25, -0.2) is 0 Å². The van der Waals surface area contributed by atoms with E-state index in [9.17, 15) is 13.6 Å². The molecule has 0 saturated carbocycles. The molecule has 6 heteroatoms. The molecule has 32 heavy (non-hydrogen) atoms. The first-order chi connectivity index (χ1) is 15.4. The minimum absolute atomic E-state index is 0.717. The van der Waals surface area contributed by atoms with Crippen molar-refractivity contribution >= 4 is 53.8 Å². The van der Waals surface area contributed by atoms with Gasteiger partial charge in [-0.2, -0.15) is 0 Å². The first-order valence-electron chi connectivity index (χ1n) is 9.94. The van der Waals surface area contributed by atoms with Crippen molar-refractivity contribution in [2.24, 2.45) is 0 Å². The van der Waals surface area contributed by atoms with E-state index >= 15 is 0 Å². The van der Waals surface area contributed by atoms with Crippen molar-refractivity contribution in [2.75, 3.05) is 0 Å². The molecule has 0 radical (unpaired) electrons. The number of rotatable bonds is 6. The van der Waals surface area contributed by atoms with E-state index < -0.39 is 28.6 Å². The van der Waals surface area contributed by atoms with Crippen LogP contribution in [-0.4, -0.2) is 28.6 Å². The van der Waals surface area contributed by atoms with Crippen molar-refractivity contribution < 1.29 is 16.6 Å². The molecule has 0 unspecified atom stereocenters. The number of benzene rings is 4. The Morgan fingerprint density at radius 2 is 0.844 bits per heavy atom. The molecule has 2 nitrogen and oxygen atoms in total. The third-order valence-corrected chi connectivity index (χ3v) is 22.0. The maximum absolute atomic E-state index is 14.4. The molecule has 162 valence electrons. The summed E-state index contributed by atoms with van der Waals surface area (Å²) in [4.78, 5) is 9.17. The van der Waals surface area contributed by atoms with Crippen molar-refractivity contribution in [3.63, 3.8) is 0 Å². The number of hydrogen-bond acceptors (Lipinski definition) is 2. The van der Waals surface area contributed by atoms with Crippen LogP contribution in [0, 0.1) is 0 Å². The molecule has 0 fully saturated rings. The van der Waals surface area contributed by atoms with Crippen molar-refractivity contribution in [3.8, 4) is 0 Å². The molecule has 0 saturated heterocycles. The van der Waals surface area contributed by atoms with Crippen molar-refractivity contribution in [1.29, 1.82) is 0 Å². The topological polar surface area (TPSA) is 26.3 Å². The summed E-state index contributed by atoms with van der Waals surface area (Å²) in [5.74, 6) is -1.61. The van der Waals surface area contributed by atoms with E-state index in [1.807, 2.05) is 121 Å². The molecule has 4 aromatic carbocycles. The Bertz CT molecular complexity index is 1030. The maximum atomic E-state index is 14.4. The number of carbonyl (C=O) groups excluding carboxylic acids is 1. The second-order valence-electron chi connectivity index (χ2n) is 7.25. The van der Waals surface area contributed by atoms with E-state index in [-0.39, 0.29) is 0 Å². The molecule has 0 bridgehead atoms. The fraction of sp³-hybridized carbons (Fsp3) is 0.0385. The van der Waals surface area contributed by atoms with Crippen LogP contribution in [0.1, 0.15) is 0 Å². The molecule has 0 aromatic heterocycles. The van der Waals surface area contributed by atoms with Crippen LogP contribution in [0.25, 0.3) is 0 Å². The molecule has 0 aliphatic rings. The van der Waals surface area contributed by atoms with Crippen LogP contribution in [0.5, 0.6) is 0 Å². The van der Waals surface area contributed by atoms with E-state index in [0.717, 1.165) is 0 Å². The van der Waals surface area contributed by atoms with Gasteiger partial charge in [0.15, 0.2) is 0 Å². The molecule has 0 N–H and O–H groups in total. The number of alkyl halides is 3. The average molecular weight is 604 g/mol. The second-order valence-corrected chi connectivity index (χ2v) is 20.6. The average Bonchev–Trinajstić information content (AvgIpc) is 2.84. The summed E-state index contributed by atoms with van der Waals surface area (Å²) in [6, 6.07) is 37.1. The first-order valence-corrected chi connectivity index (χ1v) is 16.9. The molecule has 0 spiro atoms. The van der Waals surface area contributed by atoms with Gasteiger partial charge in [-0.1, -0.05) is 0 Å². The number of carbonyl (C=O) groups is 1. The van der Waals surface area contributed by atoms with Crippen LogP contribution >= 0.6 is 15.9 Å². The molecule has 4 aromatic rings. The normalized spacial score (nSPS) is 13.0. The summed E-state index contributed by atoms with van der Waals surface area (Å²) in [5.41, 5.74) is 0. The monoisotopic (exact) mass is 602 g/mol. The van der Waals surface area contributed by atoms with Gasteiger partial charge in [0.2, 0.25) is 0 Å². The van der Waals surface area contributed by atoms with Crippen LogP contribution < -0.4 is 14.0 Å². The van der Waals surface area contributed by atoms with Gasteiger partial charge in [0.25, 0.3) is 0 Å². The Morgan fingerprint density at radius 3 is 1.06 bits per heavy atom. The predicted molar refractivity (Wildman–Crippen MR) is 130 cm³/mol. The molecular weight excluding hydrogens is 584 g/mol. The predicted octanol–water partition coefficient (Wildman–Crippen LogP) is 4.05. The van der Waals surface area contributed by atoms with E-state index in [1.54, 1.807) is 0 Å². The Morgan fingerprint density at radius 1 is 0.594 bits per heavy atom. The van der Waals surface area contributed by atoms with E-state index in [1.165, 1.54) is 0 Å². The Hall–Kier alpha value is -2.49. The summed E-state index contributed by atoms with van der Waals surface area (Å²) in [5, 5.41) is 0. The zero-order valence-electron chi connectivity index (χ0n) is 16.9. The Kier molecular flexibility index (Phi) is 6.24. The molecule has 0 heterocycles. The number of halogens is 3. The second kappa shape index (κ2) is 8.80. The van der Waals surface area contributed by atoms with Gasteiger partial charge in [0.1, 0.15) is 0 Å². The summed E-state index contributed by atoms with van der Waals surface area (Å²) in [6.07, 6.45) is 0. The standard InChI is InChI=1S/4C6H5.C2HBrF2O2.Sb/c4*1-2-4-6-5-3-1;3-2(4,5)1(6)7;/h4*1-5H;(H,6,7);/q;;;;;+1/p-1. The van der Waals surface area contributed by atoms with Crippen LogP contribution in [-0.2, 0) is 7.81 Å². The van der Waals surface area contributed by atoms with Crippen LogP contribution in [0.4, 0.5) is 8.78 Å². The zero-order chi connectivity index (χ0) is 22.7. The van der Waals surface area contributed by atoms with Gasteiger partial charge >= 0.3 is 197 Å². The van der Waals surface area contributed by atoms with E-state index in [2.05, 4.69) is 15.9 Å². The molecule has 4 rings (SSSR count). The Balaban J connectivity index is 2.28. The fourth-order valence-electron chi connectivity index (χ4n) is 4.17. The van der Waals surface area contributed by atoms with E-state index in [0.29, 0.717) is 14.0 Å². The summed E-state index contributed by atoms with van der Waals surface area (Å²) in [7, 11) is 0. The zero-order valence-corrected chi connectivity index (χ0v) is 21.1. The summed E-state index contributed by atoms with van der Waals surface area (Å²) in [6.45, 7) is 0. The van der Waals surface area contributed by atoms with Crippen LogP contribution in [0.3, 0.4) is 0 Å². The van der Waals surface area contributed by atoms with Crippen molar-refractivity contribution in [1.82, 2.24) is 0 Å². The summed E-state index contributed by atoms with van der Waals surface area (Å²) >= 11 is -3.36. The Labute approximate surface area is 195 Å². The third-order valence-electron chi connectivity index (χ3n) is 5.49. The molecule has 0 aliphatic heterocycles. The SMILES string of the molecule is O=C([O][Sb]([c]1ccccc1)([c]1ccccc1)([c]1ccccc1)[c]1ccccc1)C(F)(F)Br. The molecule has 0 atom stereocenters.